The Kier molecular flexibility index (Phi) is 3.85. The van der Waals surface area contributed by atoms with Crippen LogP contribution in [0.2, 0.25) is 5.02 Å². The van der Waals surface area contributed by atoms with Crippen LogP contribution >= 0.6 is 11.6 Å². The number of pyridine rings is 1. The fourth-order valence-corrected chi connectivity index (χ4v) is 3.36. The van der Waals surface area contributed by atoms with Crippen molar-refractivity contribution in [1.82, 2.24) is 10.3 Å². The van der Waals surface area contributed by atoms with E-state index in [1.165, 1.54) is 0 Å². The number of nitrogens with zero attached hydrogens (tertiary/aromatic N) is 2. The SMILES string of the molecule is O=C(NC1CC1)C1CCN(c2ccc3cc(Cl)ccc3n2)CC1. The van der Waals surface area contributed by atoms with E-state index in [1.807, 2.05) is 24.3 Å². The van der Waals surface area contributed by atoms with Crippen molar-refractivity contribution < 1.29 is 4.79 Å². The number of carbonyl (C=O) groups excluding carboxylic acids is 1. The fraction of sp³-hybridized carbons (Fsp3) is 0.444. The summed E-state index contributed by atoms with van der Waals surface area (Å²) < 4.78 is 0. The highest BCUT2D eigenvalue weighted by molar-refractivity contribution is 6.31. The third-order valence-electron chi connectivity index (χ3n) is 4.75. The van der Waals surface area contributed by atoms with Gasteiger partial charge in [0, 0.05) is 35.5 Å². The highest BCUT2D eigenvalue weighted by atomic mass is 35.5. The van der Waals surface area contributed by atoms with E-state index in [2.05, 4.69) is 16.3 Å². The number of anilines is 1. The van der Waals surface area contributed by atoms with Crippen molar-refractivity contribution in [3.63, 3.8) is 0 Å². The summed E-state index contributed by atoms with van der Waals surface area (Å²) in [5.74, 6) is 1.39. The predicted octanol–water partition coefficient (Wildman–Crippen LogP) is 3.38. The number of carbonyl (C=O) groups is 1. The lowest BCUT2D eigenvalue weighted by molar-refractivity contribution is -0.125. The van der Waals surface area contributed by atoms with Crippen molar-refractivity contribution in [1.29, 1.82) is 0 Å². The molecule has 23 heavy (non-hydrogen) atoms. The number of aromatic nitrogens is 1. The Morgan fingerprint density at radius 1 is 1.13 bits per heavy atom. The molecule has 1 saturated carbocycles. The lowest BCUT2D eigenvalue weighted by Gasteiger charge is -2.32. The molecule has 0 spiro atoms. The van der Waals surface area contributed by atoms with Crippen molar-refractivity contribution in [2.45, 2.75) is 31.7 Å². The van der Waals surface area contributed by atoms with E-state index in [9.17, 15) is 4.79 Å². The van der Waals surface area contributed by atoms with Crippen molar-refractivity contribution >= 4 is 34.2 Å². The second-order valence-electron chi connectivity index (χ2n) is 6.55. The summed E-state index contributed by atoms with van der Waals surface area (Å²) in [6.45, 7) is 1.77. The molecule has 1 aliphatic heterocycles. The molecular weight excluding hydrogens is 310 g/mol. The van der Waals surface area contributed by atoms with Gasteiger partial charge in [-0.25, -0.2) is 4.98 Å². The largest absolute Gasteiger partial charge is 0.357 e. The van der Waals surface area contributed by atoms with E-state index in [1.54, 1.807) is 0 Å². The van der Waals surface area contributed by atoms with Crippen molar-refractivity contribution in [2.24, 2.45) is 5.92 Å². The number of amides is 1. The van der Waals surface area contributed by atoms with Crippen molar-refractivity contribution in [3.05, 3.63) is 35.4 Å². The number of halogens is 1. The van der Waals surface area contributed by atoms with E-state index >= 15 is 0 Å². The normalized spacial score (nSPS) is 19.1. The van der Waals surface area contributed by atoms with Gasteiger partial charge in [-0.15, -0.1) is 0 Å². The van der Waals surface area contributed by atoms with Crippen LogP contribution in [-0.4, -0.2) is 30.0 Å². The second-order valence-corrected chi connectivity index (χ2v) is 6.99. The molecule has 5 heteroatoms. The third kappa shape index (κ3) is 3.27. The highest BCUT2D eigenvalue weighted by Crippen LogP contribution is 2.26. The predicted molar refractivity (Wildman–Crippen MR) is 92.9 cm³/mol. The molecule has 0 unspecified atom stereocenters. The van der Waals surface area contributed by atoms with E-state index in [0.717, 1.165) is 60.5 Å². The highest BCUT2D eigenvalue weighted by Gasteiger charge is 2.30. The van der Waals surface area contributed by atoms with Crippen LogP contribution in [0.1, 0.15) is 25.7 Å². The molecule has 2 fully saturated rings. The Bertz CT molecular complexity index is 736. The van der Waals surface area contributed by atoms with E-state index in [0.29, 0.717) is 6.04 Å². The summed E-state index contributed by atoms with van der Waals surface area (Å²) in [5.41, 5.74) is 0.959. The van der Waals surface area contributed by atoms with Crippen LogP contribution in [0.3, 0.4) is 0 Å². The molecule has 4 nitrogen and oxygen atoms in total. The van der Waals surface area contributed by atoms with Gasteiger partial charge in [-0.3, -0.25) is 4.79 Å². The summed E-state index contributed by atoms with van der Waals surface area (Å²) >= 11 is 6.02. The average Bonchev–Trinajstić information content (AvgIpc) is 3.38. The van der Waals surface area contributed by atoms with Crippen LogP contribution in [0.25, 0.3) is 10.9 Å². The first-order valence-corrected chi connectivity index (χ1v) is 8.68. The number of hydrogen-bond acceptors (Lipinski definition) is 3. The van der Waals surface area contributed by atoms with Gasteiger partial charge in [0.15, 0.2) is 0 Å². The first-order valence-electron chi connectivity index (χ1n) is 8.31. The molecule has 0 atom stereocenters. The summed E-state index contributed by atoms with van der Waals surface area (Å²) in [6.07, 6.45) is 4.10. The van der Waals surface area contributed by atoms with Gasteiger partial charge in [0.05, 0.1) is 5.52 Å². The summed E-state index contributed by atoms with van der Waals surface area (Å²) in [6, 6.07) is 10.3. The van der Waals surface area contributed by atoms with Crippen molar-refractivity contribution in [3.8, 4) is 0 Å². The molecule has 1 N–H and O–H groups in total. The number of nitrogens with one attached hydrogen (secondary N) is 1. The van der Waals surface area contributed by atoms with Crippen LogP contribution < -0.4 is 10.2 Å². The Hall–Kier alpha value is -1.81. The van der Waals surface area contributed by atoms with Gasteiger partial charge in [-0.1, -0.05) is 11.6 Å². The van der Waals surface area contributed by atoms with Gasteiger partial charge >= 0.3 is 0 Å². The summed E-state index contributed by atoms with van der Waals surface area (Å²) in [4.78, 5) is 19.1. The quantitative estimate of drug-likeness (QED) is 0.939. The zero-order valence-corrected chi connectivity index (χ0v) is 13.7. The topological polar surface area (TPSA) is 45.2 Å². The molecule has 1 aromatic carbocycles. The lowest BCUT2D eigenvalue weighted by atomic mass is 9.96. The van der Waals surface area contributed by atoms with Gasteiger partial charge in [0.1, 0.15) is 5.82 Å². The summed E-state index contributed by atoms with van der Waals surface area (Å²) in [5, 5.41) is 4.91. The Morgan fingerprint density at radius 2 is 1.91 bits per heavy atom. The lowest BCUT2D eigenvalue weighted by Crippen LogP contribution is -2.41. The second kappa shape index (κ2) is 6.00. The molecule has 1 saturated heterocycles. The number of hydrogen-bond donors (Lipinski definition) is 1. The molecule has 0 radical (unpaired) electrons. The van der Waals surface area contributed by atoms with Gasteiger partial charge < -0.3 is 10.2 Å². The first-order chi connectivity index (χ1) is 11.2. The molecular formula is C18H20ClN3O. The maximum Gasteiger partial charge on any atom is 0.223 e. The zero-order valence-electron chi connectivity index (χ0n) is 13.0. The van der Waals surface area contributed by atoms with Crippen LogP contribution in [0.5, 0.6) is 0 Å². The number of piperidine rings is 1. The third-order valence-corrected chi connectivity index (χ3v) is 4.99. The molecule has 2 aromatic rings. The average molecular weight is 330 g/mol. The standard InChI is InChI=1S/C18H20ClN3O/c19-14-2-5-16-13(11-14)1-6-17(21-16)22-9-7-12(8-10-22)18(23)20-15-3-4-15/h1-2,5-6,11-12,15H,3-4,7-10H2,(H,20,23). The number of rotatable bonds is 3. The minimum Gasteiger partial charge on any atom is -0.357 e. The Labute approximate surface area is 140 Å². The summed E-state index contributed by atoms with van der Waals surface area (Å²) in [7, 11) is 0. The van der Waals surface area contributed by atoms with Crippen LogP contribution in [0.4, 0.5) is 5.82 Å². The molecule has 120 valence electrons. The van der Waals surface area contributed by atoms with Crippen LogP contribution in [0.15, 0.2) is 30.3 Å². The molecule has 1 aliphatic carbocycles. The maximum atomic E-state index is 12.1. The minimum atomic E-state index is 0.158. The van der Waals surface area contributed by atoms with Crippen LogP contribution in [0, 0.1) is 5.92 Å². The minimum absolute atomic E-state index is 0.158. The van der Waals surface area contributed by atoms with Gasteiger partial charge in [-0.2, -0.15) is 0 Å². The number of benzene rings is 1. The molecule has 1 aromatic heterocycles. The monoisotopic (exact) mass is 329 g/mol. The molecule has 1 amide bonds. The van der Waals surface area contributed by atoms with Gasteiger partial charge in [0.2, 0.25) is 5.91 Å². The Balaban J connectivity index is 1.43. The van der Waals surface area contributed by atoms with Crippen LogP contribution in [-0.2, 0) is 4.79 Å². The van der Waals surface area contributed by atoms with E-state index in [4.69, 9.17) is 16.6 Å². The Morgan fingerprint density at radius 3 is 2.65 bits per heavy atom. The molecule has 2 aliphatic rings. The van der Waals surface area contributed by atoms with Crippen molar-refractivity contribution in [2.75, 3.05) is 18.0 Å². The molecule has 4 rings (SSSR count). The van der Waals surface area contributed by atoms with E-state index in [-0.39, 0.29) is 11.8 Å². The smallest absolute Gasteiger partial charge is 0.223 e. The van der Waals surface area contributed by atoms with E-state index < -0.39 is 0 Å². The first kappa shape index (κ1) is 14.8. The van der Waals surface area contributed by atoms with Gasteiger partial charge in [0.25, 0.3) is 0 Å². The van der Waals surface area contributed by atoms with Gasteiger partial charge in [-0.05, 0) is 56.0 Å². The zero-order chi connectivity index (χ0) is 15.8. The molecule has 2 heterocycles. The number of fused-ring (bicyclic) bond motifs is 1. The maximum absolute atomic E-state index is 12.1. The fourth-order valence-electron chi connectivity index (χ4n) is 3.18. The molecule has 0 bridgehead atoms.